The summed E-state index contributed by atoms with van der Waals surface area (Å²) in [6.07, 6.45) is -3.53. The molecule has 1 saturated heterocycles. The van der Waals surface area contributed by atoms with Crippen LogP contribution in [0.3, 0.4) is 0 Å². The van der Waals surface area contributed by atoms with Crippen LogP contribution in [0.1, 0.15) is 17.5 Å². The SMILES string of the molecule is COc1cccc(OCC(=O)N2CCCN(Cc3ccc(C(F)(F)F)cc3)CC2)c1. The molecule has 0 bridgehead atoms. The van der Waals surface area contributed by atoms with Crippen LogP contribution in [-0.4, -0.2) is 55.6 Å². The molecule has 1 amide bonds. The molecule has 2 aromatic rings. The topological polar surface area (TPSA) is 42.0 Å². The standard InChI is InChI=1S/C22H25F3N2O3/c1-29-19-4-2-5-20(14-19)30-16-21(28)27-11-3-10-26(12-13-27)15-17-6-8-18(9-7-17)22(23,24)25/h2,4-9,14H,3,10-13,15-16H2,1H3. The number of alkyl halides is 3. The maximum atomic E-state index is 12.7. The van der Waals surface area contributed by atoms with E-state index in [0.717, 1.165) is 30.7 Å². The largest absolute Gasteiger partial charge is 0.497 e. The highest BCUT2D eigenvalue weighted by atomic mass is 19.4. The van der Waals surface area contributed by atoms with E-state index in [0.29, 0.717) is 37.7 Å². The van der Waals surface area contributed by atoms with Crippen molar-refractivity contribution in [3.05, 3.63) is 59.7 Å². The van der Waals surface area contributed by atoms with Crippen LogP contribution in [0.25, 0.3) is 0 Å². The summed E-state index contributed by atoms with van der Waals surface area (Å²) in [5.41, 5.74) is 0.180. The molecule has 2 aromatic carbocycles. The van der Waals surface area contributed by atoms with Gasteiger partial charge >= 0.3 is 6.18 Å². The van der Waals surface area contributed by atoms with Gasteiger partial charge in [-0.2, -0.15) is 13.2 Å². The second kappa shape index (κ2) is 9.84. The molecular formula is C22H25F3N2O3. The lowest BCUT2D eigenvalue weighted by molar-refractivity contribution is -0.137. The zero-order valence-corrected chi connectivity index (χ0v) is 16.8. The number of methoxy groups -OCH3 is 1. The van der Waals surface area contributed by atoms with Gasteiger partial charge in [0.1, 0.15) is 11.5 Å². The Kier molecular flexibility index (Phi) is 7.20. The Labute approximate surface area is 174 Å². The first kappa shape index (κ1) is 22.0. The molecule has 162 valence electrons. The number of rotatable bonds is 6. The number of hydrogen-bond acceptors (Lipinski definition) is 4. The Bertz CT molecular complexity index is 840. The molecule has 5 nitrogen and oxygen atoms in total. The van der Waals surface area contributed by atoms with Crippen molar-refractivity contribution in [1.29, 1.82) is 0 Å². The first-order chi connectivity index (χ1) is 14.3. The Morgan fingerprint density at radius 2 is 1.73 bits per heavy atom. The molecule has 1 heterocycles. The minimum Gasteiger partial charge on any atom is -0.497 e. The average molecular weight is 422 g/mol. The quantitative estimate of drug-likeness (QED) is 0.710. The summed E-state index contributed by atoms with van der Waals surface area (Å²) in [4.78, 5) is 16.4. The number of carbonyl (C=O) groups is 1. The number of benzene rings is 2. The summed E-state index contributed by atoms with van der Waals surface area (Å²) in [6.45, 7) is 3.13. The van der Waals surface area contributed by atoms with E-state index in [-0.39, 0.29) is 12.5 Å². The van der Waals surface area contributed by atoms with Gasteiger partial charge in [-0.05, 0) is 36.2 Å². The van der Waals surface area contributed by atoms with E-state index in [4.69, 9.17) is 9.47 Å². The summed E-state index contributed by atoms with van der Waals surface area (Å²) in [5.74, 6) is 1.14. The van der Waals surface area contributed by atoms with Gasteiger partial charge in [-0.15, -0.1) is 0 Å². The lowest BCUT2D eigenvalue weighted by atomic mass is 10.1. The van der Waals surface area contributed by atoms with Gasteiger partial charge in [-0.1, -0.05) is 18.2 Å². The molecule has 1 fully saturated rings. The van der Waals surface area contributed by atoms with Crippen molar-refractivity contribution in [2.45, 2.75) is 19.1 Å². The van der Waals surface area contributed by atoms with Crippen molar-refractivity contribution in [2.24, 2.45) is 0 Å². The number of halogens is 3. The van der Waals surface area contributed by atoms with E-state index in [9.17, 15) is 18.0 Å². The maximum absolute atomic E-state index is 12.7. The fourth-order valence-corrected chi connectivity index (χ4v) is 3.36. The molecule has 0 atom stereocenters. The number of ether oxygens (including phenoxy) is 2. The van der Waals surface area contributed by atoms with Crippen molar-refractivity contribution < 1.29 is 27.4 Å². The fourth-order valence-electron chi connectivity index (χ4n) is 3.36. The summed E-state index contributed by atoms with van der Waals surface area (Å²) in [7, 11) is 1.57. The van der Waals surface area contributed by atoms with Crippen LogP contribution in [0.2, 0.25) is 0 Å². The molecule has 0 aliphatic carbocycles. The highest BCUT2D eigenvalue weighted by Crippen LogP contribution is 2.29. The third kappa shape index (κ3) is 6.13. The summed E-state index contributed by atoms with van der Waals surface area (Å²) < 4.78 is 48.8. The van der Waals surface area contributed by atoms with Crippen LogP contribution in [-0.2, 0) is 17.5 Å². The number of hydrogen-bond donors (Lipinski definition) is 0. The fraction of sp³-hybridized carbons (Fsp3) is 0.409. The second-order valence-corrected chi connectivity index (χ2v) is 7.17. The van der Waals surface area contributed by atoms with Crippen molar-refractivity contribution in [3.63, 3.8) is 0 Å². The highest BCUT2D eigenvalue weighted by molar-refractivity contribution is 5.77. The van der Waals surface area contributed by atoms with Crippen molar-refractivity contribution in [2.75, 3.05) is 39.9 Å². The maximum Gasteiger partial charge on any atom is 0.416 e. The Hall–Kier alpha value is -2.74. The average Bonchev–Trinajstić information content (AvgIpc) is 2.97. The van der Waals surface area contributed by atoms with Crippen molar-refractivity contribution >= 4 is 5.91 Å². The zero-order chi connectivity index (χ0) is 21.6. The van der Waals surface area contributed by atoms with Gasteiger partial charge in [0.2, 0.25) is 0 Å². The van der Waals surface area contributed by atoms with Gasteiger partial charge in [-0.25, -0.2) is 0 Å². The molecule has 1 aliphatic heterocycles. The third-order valence-electron chi connectivity index (χ3n) is 5.03. The molecule has 8 heteroatoms. The first-order valence-electron chi connectivity index (χ1n) is 9.78. The molecule has 1 aliphatic rings. The van der Waals surface area contributed by atoms with Crippen molar-refractivity contribution in [3.8, 4) is 11.5 Å². The van der Waals surface area contributed by atoms with Gasteiger partial charge < -0.3 is 14.4 Å². The molecule has 0 spiro atoms. The predicted octanol–water partition coefficient (Wildman–Crippen LogP) is 3.83. The van der Waals surface area contributed by atoms with Crippen LogP contribution in [0, 0.1) is 0 Å². The lowest BCUT2D eigenvalue weighted by Crippen LogP contribution is -2.38. The van der Waals surface area contributed by atoms with Gasteiger partial charge in [-0.3, -0.25) is 9.69 Å². The number of nitrogens with zero attached hydrogens (tertiary/aromatic N) is 2. The highest BCUT2D eigenvalue weighted by Gasteiger charge is 2.30. The first-order valence-corrected chi connectivity index (χ1v) is 9.78. The normalized spacial score (nSPS) is 15.5. The molecule has 3 rings (SSSR count). The van der Waals surface area contributed by atoms with E-state index < -0.39 is 11.7 Å². The number of carbonyl (C=O) groups excluding carboxylic acids is 1. The summed E-state index contributed by atoms with van der Waals surface area (Å²) in [5, 5.41) is 0. The van der Waals surface area contributed by atoms with Crippen molar-refractivity contribution in [1.82, 2.24) is 9.80 Å². The molecule has 0 N–H and O–H groups in total. The predicted molar refractivity (Wildman–Crippen MR) is 106 cm³/mol. The minimum absolute atomic E-state index is 0.0495. The molecule has 30 heavy (non-hydrogen) atoms. The Balaban J connectivity index is 1.48. The summed E-state index contributed by atoms with van der Waals surface area (Å²) in [6, 6.07) is 12.3. The van der Waals surface area contributed by atoms with E-state index in [1.54, 1.807) is 36.3 Å². The lowest BCUT2D eigenvalue weighted by Gasteiger charge is -2.22. The molecule has 0 saturated carbocycles. The zero-order valence-electron chi connectivity index (χ0n) is 16.8. The van der Waals surface area contributed by atoms with E-state index in [2.05, 4.69) is 4.90 Å². The van der Waals surface area contributed by atoms with Gasteiger partial charge in [0, 0.05) is 38.8 Å². The summed E-state index contributed by atoms with van der Waals surface area (Å²) >= 11 is 0. The van der Waals surface area contributed by atoms with Gasteiger partial charge in [0.05, 0.1) is 12.7 Å². The van der Waals surface area contributed by atoms with Gasteiger partial charge in [0.15, 0.2) is 6.61 Å². The smallest absolute Gasteiger partial charge is 0.416 e. The van der Waals surface area contributed by atoms with E-state index >= 15 is 0 Å². The van der Waals surface area contributed by atoms with E-state index in [1.165, 1.54) is 12.1 Å². The van der Waals surface area contributed by atoms with Crippen LogP contribution in [0.5, 0.6) is 11.5 Å². The Morgan fingerprint density at radius 1 is 1.00 bits per heavy atom. The Morgan fingerprint density at radius 3 is 2.43 bits per heavy atom. The second-order valence-electron chi connectivity index (χ2n) is 7.17. The van der Waals surface area contributed by atoms with Crippen LogP contribution < -0.4 is 9.47 Å². The number of amides is 1. The van der Waals surface area contributed by atoms with Crippen LogP contribution >= 0.6 is 0 Å². The minimum atomic E-state index is -4.32. The molecule has 0 radical (unpaired) electrons. The van der Waals surface area contributed by atoms with Gasteiger partial charge in [0.25, 0.3) is 5.91 Å². The monoisotopic (exact) mass is 422 g/mol. The van der Waals surface area contributed by atoms with Crippen LogP contribution in [0.15, 0.2) is 48.5 Å². The van der Waals surface area contributed by atoms with E-state index in [1.807, 2.05) is 0 Å². The third-order valence-corrected chi connectivity index (χ3v) is 5.03. The molecule has 0 aromatic heterocycles. The van der Waals surface area contributed by atoms with Crippen LogP contribution in [0.4, 0.5) is 13.2 Å². The molecule has 0 unspecified atom stereocenters. The molecular weight excluding hydrogens is 397 g/mol.